The topological polar surface area (TPSA) is 49.4 Å². The molecule has 1 saturated heterocycles. The van der Waals surface area contributed by atoms with E-state index in [2.05, 4.69) is 36.5 Å². The van der Waals surface area contributed by atoms with Crippen LogP contribution in [0.5, 0.6) is 0 Å². The SMILES string of the molecule is CC(NC(=O)C(=O)N1CCC(Cc2ccccc2)CC1)C1CC2CCC1C2. The third-order valence-corrected chi connectivity index (χ3v) is 7.26. The Morgan fingerprint density at radius 3 is 2.44 bits per heavy atom. The smallest absolute Gasteiger partial charge is 0.311 e. The highest BCUT2D eigenvalue weighted by molar-refractivity contribution is 6.35. The lowest BCUT2D eigenvalue weighted by Crippen LogP contribution is -2.50. The van der Waals surface area contributed by atoms with Gasteiger partial charge in [-0.1, -0.05) is 36.8 Å². The first-order valence-corrected chi connectivity index (χ1v) is 10.7. The Hall–Kier alpha value is -1.84. The molecule has 146 valence electrons. The van der Waals surface area contributed by atoms with Crippen LogP contribution in [0.4, 0.5) is 0 Å². The van der Waals surface area contributed by atoms with Gasteiger partial charge in [0.1, 0.15) is 0 Å². The number of carbonyl (C=O) groups is 2. The van der Waals surface area contributed by atoms with E-state index in [1.54, 1.807) is 4.90 Å². The van der Waals surface area contributed by atoms with Gasteiger partial charge in [0.25, 0.3) is 0 Å². The molecule has 4 rings (SSSR count). The number of likely N-dealkylation sites (tertiary alicyclic amines) is 1. The van der Waals surface area contributed by atoms with Gasteiger partial charge in [0, 0.05) is 19.1 Å². The highest BCUT2D eigenvalue weighted by Gasteiger charge is 2.42. The van der Waals surface area contributed by atoms with Crippen LogP contribution in [0.2, 0.25) is 0 Å². The van der Waals surface area contributed by atoms with Crippen molar-refractivity contribution in [1.29, 1.82) is 0 Å². The molecule has 1 heterocycles. The van der Waals surface area contributed by atoms with Gasteiger partial charge < -0.3 is 10.2 Å². The summed E-state index contributed by atoms with van der Waals surface area (Å²) in [6.07, 6.45) is 8.25. The molecule has 2 amide bonds. The van der Waals surface area contributed by atoms with Crippen LogP contribution in [0.3, 0.4) is 0 Å². The van der Waals surface area contributed by atoms with Gasteiger partial charge in [0.15, 0.2) is 0 Å². The molecule has 1 N–H and O–H groups in total. The summed E-state index contributed by atoms with van der Waals surface area (Å²) in [5.74, 6) is 2.06. The molecule has 1 aliphatic heterocycles. The fraction of sp³-hybridized carbons (Fsp3) is 0.652. The van der Waals surface area contributed by atoms with Crippen molar-refractivity contribution >= 4 is 11.8 Å². The molecule has 1 aromatic rings. The van der Waals surface area contributed by atoms with Crippen molar-refractivity contribution in [3.05, 3.63) is 35.9 Å². The van der Waals surface area contributed by atoms with Gasteiger partial charge in [-0.25, -0.2) is 0 Å². The largest absolute Gasteiger partial charge is 0.345 e. The fourth-order valence-corrected chi connectivity index (χ4v) is 5.71. The molecule has 2 bridgehead atoms. The molecular formula is C23H32N2O2. The maximum absolute atomic E-state index is 12.6. The zero-order valence-corrected chi connectivity index (χ0v) is 16.4. The van der Waals surface area contributed by atoms with E-state index in [0.29, 0.717) is 24.9 Å². The number of benzene rings is 1. The number of rotatable bonds is 4. The van der Waals surface area contributed by atoms with Gasteiger partial charge in [-0.15, -0.1) is 0 Å². The first-order valence-electron chi connectivity index (χ1n) is 10.7. The second-order valence-electron chi connectivity index (χ2n) is 9.03. The van der Waals surface area contributed by atoms with Crippen LogP contribution >= 0.6 is 0 Å². The third kappa shape index (κ3) is 4.20. The monoisotopic (exact) mass is 368 g/mol. The minimum absolute atomic E-state index is 0.118. The van der Waals surface area contributed by atoms with E-state index in [1.165, 1.54) is 31.2 Å². The van der Waals surface area contributed by atoms with Crippen molar-refractivity contribution in [3.8, 4) is 0 Å². The normalized spacial score (nSPS) is 28.9. The van der Waals surface area contributed by atoms with Crippen LogP contribution in [0.15, 0.2) is 30.3 Å². The molecule has 0 aromatic heterocycles. The summed E-state index contributed by atoms with van der Waals surface area (Å²) in [5, 5.41) is 3.02. The Balaban J connectivity index is 1.23. The van der Waals surface area contributed by atoms with Gasteiger partial charge in [-0.05, 0) is 74.7 Å². The number of amides is 2. The van der Waals surface area contributed by atoms with Crippen LogP contribution in [0.25, 0.3) is 0 Å². The Morgan fingerprint density at radius 1 is 1.07 bits per heavy atom. The summed E-state index contributed by atoms with van der Waals surface area (Å²) in [7, 11) is 0. The molecule has 4 unspecified atom stereocenters. The van der Waals surface area contributed by atoms with Gasteiger partial charge in [-0.2, -0.15) is 0 Å². The molecule has 0 spiro atoms. The average Bonchev–Trinajstić information content (AvgIpc) is 3.32. The Labute approximate surface area is 162 Å². The highest BCUT2D eigenvalue weighted by atomic mass is 16.2. The summed E-state index contributed by atoms with van der Waals surface area (Å²) in [6, 6.07) is 10.7. The number of nitrogens with zero attached hydrogens (tertiary/aromatic N) is 1. The molecule has 3 fully saturated rings. The summed E-state index contributed by atoms with van der Waals surface area (Å²) in [6.45, 7) is 3.49. The van der Waals surface area contributed by atoms with Crippen molar-refractivity contribution in [2.45, 2.75) is 57.9 Å². The molecule has 27 heavy (non-hydrogen) atoms. The second-order valence-corrected chi connectivity index (χ2v) is 9.03. The lowest BCUT2D eigenvalue weighted by atomic mass is 9.84. The number of nitrogens with one attached hydrogen (secondary N) is 1. The highest BCUT2D eigenvalue weighted by Crippen LogP contribution is 2.49. The van der Waals surface area contributed by atoms with Gasteiger partial charge >= 0.3 is 11.8 Å². The predicted molar refractivity (Wildman–Crippen MR) is 106 cm³/mol. The molecule has 0 radical (unpaired) electrons. The van der Waals surface area contributed by atoms with Crippen LogP contribution < -0.4 is 5.32 Å². The maximum atomic E-state index is 12.6. The number of piperidine rings is 1. The van der Waals surface area contributed by atoms with E-state index in [0.717, 1.165) is 31.1 Å². The van der Waals surface area contributed by atoms with E-state index >= 15 is 0 Å². The quantitative estimate of drug-likeness (QED) is 0.828. The van der Waals surface area contributed by atoms with Gasteiger partial charge in [0.05, 0.1) is 0 Å². The maximum Gasteiger partial charge on any atom is 0.311 e. The summed E-state index contributed by atoms with van der Waals surface area (Å²) in [5.41, 5.74) is 1.36. The first kappa shape index (κ1) is 18.5. The number of carbonyl (C=O) groups excluding carboxylic acids is 2. The van der Waals surface area contributed by atoms with Crippen molar-refractivity contribution in [2.24, 2.45) is 23.7 Å². The molecule has 4 atom stereocenters. The van der Waals surface area contributed by atoms with Crippen molar-refractivity contribution in [3.63, 3.8) is 0 Å². The van der Waals surface area contributed by atoms with Gasteiger partial charge in [0.2, 0.25) is 0 Å². The molecule has 2 saturated carbocycles. The van der Waals surface area contributed by atoms with E-state index in [9.17, 15) is 9.59 Å². The second kappa shape index (κ2) is 8.04. The average molecular weight is 369 g/mol. The lowest BCUT2D eigenvalue weighted by Gasteiger charge is -2.33. The van der Waals surface area contributed by atoms with E-state index < -0.39 is 5.91 Å². The zero-order valence-electron chi connectivity index (χ0n) is 16.4. The van der Waals surface area contributed by atoms with Gasteiger partial charge in [-0.3, -0.25) is 9.59 Å². The Bertz CT molecular complexity index is 666. The summed E-state index contributed by atoms with van der Waals surface area (Å²) >= 11 is 0. The molecular weight excluding hydrogens is 336 g/mol. The van der Waals surface area contributed by atoms with Crippen LogP contribution in [-0.2, 0) is 16.0 Å². The minimum Gasteiger partial charge on any atom is -0.345 e. The molecule has 4 heteroatoms. The lowest BCUT2D eigenvalue weighted by molar-refractivity contribution is -0.147. The first-order chi connectivity index (χ1) is 13.1. The van der Waals surface area contributed by atoms with Crippen LogP contribution in [-0.4, -0.2) is 35.8 Å². The standard InChI is InChI=1S/C23H32N2O2/c1-16(21-15-19-7-8-20(21)14-19)24-22(26)23(27)25-11-9-18(10-12-25)13-17-5-3-2-4-6-17/h2-6,16,18-21H,7-15H2,1H3,(H,24,26). The predicted octanol–water partition coefficient (Wildman–Crippen LogP) is 3.41. The van der Waals surface area contributed by atoms with Crippen LogP contribution in [0, 0.1) is 23.7 Å². The Kier molecular flexibility index (Phi) is 5.51. The Morgan fingerprint density at radius 2 is 1.81 bits per heavy atom. The summed E-state index contributed by atoms with van der Waals surface area (Å²) < 4.78 is 0. The van der Waals surface area contributed by atoms with Crippen molar-refractivity contribution < 1.29 is 9.59 Å². The van der Waals surface area contributed by atoms with E-state index in [-0.39, 0.29) is 11.9 Å². The summed E-state index contributed by atoms with van der Waals surface area (Å²) in [4.78, 5) is 26.8. The fourth-order valence-electron chi connectivity index (χ4n) is 5.71. The van der Waals surface area contributed by atoms with Crippen molar-refractivity contribution in [2.75, 3.05) is 13.1 Å². The molecule has 4 nitrogen and oxygen atoms in total. The zero-order chi connectivity index (χ0) is 18.8. The number of hydrogen-bond donors (Lipinski definition) is 1. The van der Waals surface area contributed by atoms with Crippen LogP contribution in [0.1, 0.15) is 51.0 Å². The third-order valence-electron chi connectivity index (χ3n) is 7.26. The number of fused-ring (bicyclic) bond motifs is 2. The van der Waals surface area contributed by atoms with E-state index in [4.69, 9.17) is 0 Å². The van der Waals surface area contributed by atoms with Crippen molar-refractivity contribution in [1.82, 2.24) is 10.2 Å². The molecule has 2 aliphatic carbocycles. The molecule has 1 aromatic carbocycles. The molecule has 3 aliphatic rings. The van der Waals surface area contributed by atoms with E-state index in [1.807, 2.05) is 6.07 Å². The number of hydrogen-bond acceptors (Lipinski definition) is 2. The minimum atomic E-state index is -0.396.